The maximum Gasteiger partial charge on any atom is 0.251 e. The molecule has 142 valence electrons. The largest absolute Gasteiger partial charge is 0.345 e. The number of carbonyl (C=O) groups excluding carboxylic acids is 1. The maximum atomic E-state index is 12.7. The van der Waals surface area contributed by atoms with Crippen LogP contribution in [0.5, 0.6) is 0 Å². The van der Waals surface area contributed by atoms with E-state index in [1.54, 1.807) is 12.1 Å². The molecule has 1 atom stereocenters. The molecular weight excluding hydrogens is 380 g/mol. The van der Waals surface area contributed by atoms with Crippen molar-refractivity contribution in [3.8, 4) is 0 Å². The molecule has 2 aromatic rings. The summed E-state index contributed by atoms with van der Waals surface area (Å²) in [7, 11) is -3.45. The van der Waals surface area contributed by atoms with Crippen LogP contribution in [0.2, 0.25) is 0 Å². The van der Waals surface area contributed by atoms with Gasteiger partial charge in [0.05, 0.1) is 10.9 Å². The zero-order valence-corrected chi connectivity index (χ0v) is 16.6. The molecule has 2 aromatic carbocycles. The molecule has 1 amide bonds. The molecule has 1 N–H and O–H groups in total. The number of amides is 1. The van der Waals surface area contributed by atoms with E-state index < -0.39 is 10.0 Å². The first-order chi connectivity index (χ1) is 13.1. The van der Waals surface area contributed by atoms with Gasteiger partial charge in [0, 0.05) is 29.3 Å². The molecule has 2 aliphatic heterocycles. The van der Waals surface area contributed by atoms with Gasteiger partial charge in [-0.3, -0.25) is 4.79 Å². The van der Waals surface area contributed by atoms with E-state index in [2.05, 4.69) is 17.4 Å². The van der Waals surface area contributed by atoms with Crippen molar-refractivity contribution in [3.05, 3.63) is 59.7 Å². The smallest absolute Gasteiger partial charge is 0.251 e. The SMILES string of the molecule is O=C(N[C@H]1CCSc2ccccc21)c1ccc(S(=O)(=O)N2CCCC2)cc1. The first-order valence-electron chi connectivity index (χ1n) is 9.18. The molecule has 7 heteroatoms. The Morgan fingerprint density at radius 2 is 1.74 bits per heavy atom. The predicted molar refractivity (Wildman–Crippen MR) is 106 cm³/mol. The fourth-order valence-corrected chi connectivity index (χ4v) is 6.23. The number of sulfonamides is 1. The maximum absolute atomic E-state index is 12.7. The summed E-state index contributed by atoms with van der Waals surface area (Å²) in [6.07, 6.45) is 2.69. The highest BCUT2D eigenvalue weighted by Crippen LogP contribution is 2.36. The van der Waals surface area contributed by atoms with E-state index in [-0.39, 0.29) is 16.8 Å². The van der Waals surface area contributed by atoms with Gasteiger partial charge in [-0.2, -0.15) is 4.31 Å². The molecule has 1 fully saturated rings. The summed E-state index contributed by atoms with van der Waals surface area (Å²) >= 11 is 1.81. The van der Waals surface area contributed by atoms with Gasteiger partial charge in [-0.05, 0) is 55.2 Å². The third-order valence-electron chi connectivity index (χ3n) is 5.08. The predicted octanol–water partition coefficient (Wildman–Crippen LogP) is 3.44. The highest BCUT2D eigenvalue weighted by Gasteiger charge is 2.27. The Balaban J connectivity index is 1.49. The van der Waals surface area contributed by atoms with Crippen LogP contribution in [0, 0.1) is 0 Å². The average Bonchev–Trinajstić information content (AvgIpc) is 3.24. The Morgan fingerprint density at radius 3 is 2.48 bits per heavy atom. The summed E-state index contributed by atoms with van der Waals surface area (Å²) in [5.41, 5.74) is 1.63. The third-order valence-corrected chi connectivity index (χ3v) is 8.12. The van der Waals surface area contributed by atoms with Crippen LogP contribution in [-0.4, -0.2) is 37.5 Å². The van der Waals surface area contributed by atoms with Crippen molar-refractivity contribution >= 4 is 27.7 Å². The van der Waals surface area contributed by atoms with E-state index in [4.69, 9.17) is 0 Å². The Kier molecular flexibility index (Phi) is 5.25. The summed E-state index contributed by atoms with van der Waals surface area (Å²) in [4.78, 5) is 14.1. The molecule has 2 heterocycles. The Labute approximate surface area is 164 Å². The summed E-state index contributed by atoms with van der Waals surface area (Å²) < 4.78 is 26.7. The van der Waals surface area contributed by atoms with E-state index in [0.29, 0.717) is 18.7 Å². The van der Waals surface area contributed by atoms with Gasteiger partial charge in [0.2, 0.25) is 10.0 Å². The van der Waals surface area contributed by atoms with Crippen molar-refractivity contribution in [3.63, 3.8) is 0 Å². The minimum Gasteiger partial charge on any atom is -0.345 e. The van der Waals surface area contributed by atoms with Crippen molar-refractivity contribution in [2.24, 2.45) is 0 Å². The van der Waals surface area contributed by atoms with E-state index in [1.807, 2.05) is 23.9 Å². The molecule has 0 unspecified atom stereocenters. The number of benzene rings is 2. The van der Waals surface area contributed by atoms with Gasteiger partial charge < -0.3 is 5.32 Å². The number of nitrogens with one attached hydrogen (secondary N) is 1. The quantitative estimate of drug-likeness (QED) is 0.851. The zero-order chi connectivity index (χ0) is 18.9. The van der Waals surface area contributed by atoms with Crippen molar-refractivity contribution in [2.45, 2.75) is 35.1 Å². The topological polar surface area (TPSA) is 66.5 Å². The summed E-state index contributed by atoms with van der Waals surface area (Å²) in [5.74, 6) is 0.793. The van der Waals surface area contributed by atoms with Gasteiger partial charge in [-0.15, -0.1) is 11.8 Å². The number of thioether (sulfide) groups is 1. The van der Waals surface area contributed by atoms with Crippen LogP contribution < -0.4 is 5.32 Å². The Hall–Kier alpha value is -1.83. The molecule has 5 nitrogen and oxygen atoms in total. The second-order valence-corrected chi connectivity index (χ2v) is 9.91. The molecule has 0 aliphatic carbocycles. The molecular formula is C20H22N2O3S2. The van der Waals surface area contributed by atoms with Gasteiger partial charge in [-0.1, -0.05) is 18.2 Å². The fourth-order valence-electron chi connectivity index (χ4n) is 3.59. The summed E-state index contributed by atoms with van der Waals surface area (Å²) in [6, 6.07) is 14.4. The first-order valence-corrected chi connectivity index (χ1v) is 11.6. The summed E-state index contributed by atoms with van der Waals surface area (Å²) in [5, 5.41) is 3.09. The summed E-state index contributed by atoms with van der Waals surface area (Å²) in [6.45, 7) is 1.15. The van der Waals surface area contributed by atoms with Crippen molar-refractivity contribution in [1.29, 1.82) is 0 Å². The lowest BCUT2D eigenvalue weighted by Crippen LogP contribution is -2.31. The van der Waals surface area contributed by atoms with Gasteiger partial charge in [0.25, 0.3) is 5.91 Å². The van der Waals surface area contributed by atoms with Crippen LogP contribution in [0.3, 0.4) is 0 Å². The van der Waals surface area contributed by atoms with Gasteiger partial charge in [0.1, 0.15) is 0 Å². The lowest BCUT2D eigenvalue weighted by molar-refractivity contribution is 0.0935. The van der Waals surface area contributed by atoms with Crippen molar-refractivity contribution in [2.75, 3.05) is 18.8 Å². The number of hydrogen-bond acceptors (Lipinski definition) is 4. The van der Waals surface area contributed by atoms with E-state index in [9.17, 15) is 13.2 Å². The van der Waals surface area contributed by atoms with Crippen molar-refractivity contribution < 1.29 is 13.2 Å². The van der Waals surface area contributed by atoms with E-state index in [0.717, 1.165) is 30.6 Å². The van der Waals surface area contributed by atoms with Crippen LogP contribution in [0.4, 0.5) is 0 Å². The average molecular weight is 403 g/mol. The molecule has 0 aromatic heterocycles. The number of hydrogen-bond donors (Lipinski definition) is 1. The Bertz CT molecular complexity index is 936. The fraction of sp³-hybridized carbons (Fsp3) is 0.350. The van der Waals surface area contributed by atoms with Crippen LogP contribution in [0.25, 0.3) is 0 Å². The molecule has 0 saturated carbocycles. The molecule has 27 heavy (non-hydrogen) atoms. The van der Waals surface area contributed by atoms with Gasteiger partial charge in [0.15, 0.2) is 0 Å². The number of nitrogens with zero attached hydrogens (tertiary/aromatic N) is 1. The Morgan fingerprint density at radius 1 is 1.04 bits per heavy atom. The second kappa shape index (κ2) is 7.66. The lowest BCUT2D eigenvalue weighted by atomic mass is 10.0. The molecule has 0 radical (unpaired) electrons. The first kappa shape index (κ1) is 18.5. The normalized spacial score (nSPS) is 20.2. The van der Waals surface area contributed by atoms with Gasteiger partial charge >= 0.3 is 0 Å². The minimum atomic E-state index is -3.45. The highest BCUT2D eigenvalue weighted by atomic mass is 32.2. The highest BCUT2D eigenvalue weighted by molar-refractivity contribution is 7.99. The molecule has 4 rings (SSSR count). The molecule has 0 bridgehead atoms. The second-order valence-electron chi connectivity index (χ2n) is 6.84. The minimum absolute atomic E-state index is 0.0111. The van der Waals surface area contributed by atoms with E-state index in [1.165, 1.54) is 21.3 Å². The molecule has 0 spiro atoms. The van der Waals surface area contributed by atoms with Crippen LogP contribution in [0.15, 0.2) is 58.3 Å². The monoisotopic (exact) mass is 402 g/mol. The van der Waals surface area contributed by atoms with Gasteiger partial charge in [-0.25, -0.2) is 8.42 Å². The molecule has 1 saturated heterocycles. The number of rotatable bonds is 4. The zero-order valence-electron chi connectivity index (χ0n) is 14.9. The number of fused-ring (bicyclic) bond motifs is 1. The molecule has 2 aliphatic rings. The lowest BCUT2D eigenvalue weighted by Gasteiger charge is -2.26. The number of carbonyl (C=O) groups is 1. The van der Waals surface area contributed by atoms with E-state index >= 15 is 0 Å². The van der Waals surface area contributed by atoms with Crippen LogP contribution in [-0.2, 0) is 10.0 Å². The standard InChI is InChI=1S/C20H22N2O3S2/c23-20(21-18-11-14-26-19-6-2-1-5-17(18)19)15-7-9-16(10-8-15)27(24,25)22-12-3-4-13-22/h1-2,5-10,18H,3-4,11-14H2,(H,21,23)/t18-/m0/s1. The third kappa shape index (κ3) is 3.77. The van der Waals surface area contributed by atoms with Crippen LogP contribution in [0.1, 0.15) is 41.2 Å². The van der Waals surface area contributed by atoms with Crippen LogP contribution >= 0.6 is 11.8 Å². The van der Waals surface area contributed by atoms with Crippen molar-refractivity contribution in [1.82, 2.24) is 9.62 Å².